The Labute approximate surface area is 133 Å². The number of nitriles is 1. The molecular weight excluding hydrogens is 292 g/mol. The standard InChI is InChI=1S/C18H16N2O3/c1-8-5-11-9-6-12(20)10(7-19)15-13(9)14(16(21)22-15)17(2,3)18(11,4)23-8/h5-6H,20H2,1-4H3/t18-/m1/s1. The SMILES string of the molecule is CC1=CC2=c3cc(N)c(C#N)c4c3=C(C(=O)O4)C(C)(C)[C@]2(C)O1. The predicted molar refractivity (Wildman–Crippen MR) is 84.3 cm³/mol. The third-order valence-electron chi connectivity index (χ3n) is 5.41. The minimum atomic E-state index is -0.680. The minimum Gasteiger partial charge on any atom is -0.487 e. The van der Waals surface area contributed by atoms with Crippen molar-refractivity contribution in [3.63, 3.8) is 0 Å². The van der Waals surface area contributed by atoms with Crippen molar-refractivity contribution >= 4 is 22.8 Å². The van der Waals surface area contributed by atoms with E-state index < -0.39 is 17.0 Å². The molecule has 116 valence electrons. The Hall–Kier alpha value is -2.74. The van der Waals surface area contributed by atoms with Crippen LogP contribution in [0.2, 0.25) is 0 Å². The summed E-state index contributed by atoms with van der Waals surface area (Å²) in [4.78, 5) is 12.6. The van der Waals surface area contributed by atoms with Gasteiger partial charge in [0, 0.05) is 16.2 Å². The molecule has 1 atom stereocenters. The first-order chi connectivity index (χ1) is 10.7. The van der Waals surface area contributed by atoms with Crippen molar-refractivity contribution in [3.8, 4) is 11.8 Å². The lowest BCUT2D eigenvalue weighted by atomic mass is 9.64. The third-order valence-corrected chi connectivity index (χ3v) is 5.41. The number of nitrogen functional groups attached to an aromatic ring is 1. The predicted octanol–water partition coefficient (Wildman–Crippen LogP) is 1.09. The number of benzene rings is 1. The molecule has 0 bridgehead atoms. The molecule has 1 aromatic rings. The molecule has 0 radical (unpaired) electrons. The van der Waals surface area contributed by atoms with Crippen molar-refractivity contribution in [3.05, 3.63) is 33.9 Å². The van der Waals surface area contributed by atoms with E-state index in [0.717, 1.165) is 16.6 Å². The first-order valence-electron chi connectivity index (χ1n) is 7.44. The van der Waals surface area contributed by atoms with E-state index in [4.69, 9.17) is 15.2 Å². The highest BCUT2D eigenvalue weighted by molar-refractivity contribution is 6.17. The van der Waals surface area contributed by atoms with Crippen molar-refractivity contribution in [2.45, 2.75) is 33.3 Å². The van der Waals surface area contributed by atoms with E-state index in [9.17, 15) is 10.1 Å². The number of allylic oxidation sites excluding steroid dienone is 1. The highest BCUT2D eigenvalue weighted by Crippen LogP contribution is 2.53. The number of anilines is 1. The smallest absolute Gasteiger partial charge is 0.340 e. The van der Waals surface area contributed by atoms with Crippen LogP contribution < -0.4 is 20.9 Å². The highest BCUT2D eigenvalue weighted by atomic mass is 16.5. The van der Waals surface area contributed by atoms with Gasteiger partial charge in [0.1, 0.15) is 17.2 Å². The Balaban J connectivity index is 2.34. The molecule has 3 aliphatic rings. The number of esters is 1. The number of nitrogens with zero attached hydrogens (tertiary/aromatic N) is 1. The second-order valence-corrected chi connectivity index (χ2v) is 6.90. The van der Waals surface area contributed by atoms with Crippen molar-refractivity contribution in [2.75, 3.05) is 5.73 Å². The zero-order chi connectivity index (χ0) is 16.7. The van der Waals surface area contributed by atoms with E-state index in [1.807, 2.05) is 39.8 Å². The fraction of sp³-hybridized carbons (Fsp3) is 0.333. The van der Waals surface area contributed by atoms with E-state index in [1.54, 1.807) is 6.07 Å². The lowest BCUT2D eigenvalue weighted by Crippen LogP contribution is -2.53. The zero-order valence-electron chi connectivity index (χ0n) is 13.4. The summed E-state index contributed by atoms with van der Waals surface area (Å²) >= 11 is 0. The minimum absolute atomic E-state index is 0.215. The fourth-order valence-corrected chi connectivity index (χ4v) is 3.95. The van der Waals surface area contributed by atoms with E-state index in [2.05, 4.69) is 0 Å². The average molecular weight is 308 g/mol. The summed E-state index contributed by atoms with van der Waals surface area (Å²) in [5, 5.41) is 10.9. The number of nitrogens with two attached hydrogens (primary N) is 1. The molecule has 0 saturated heterocycles. The van der Waals surface area contributed by atoms with E-state index in [1.165, 1.54) is 0 Å². The molecule has 1 aromatic carbocycles. The van der Waals surface area contributed by atoms with Crippen LogP contribution in [0.15, 0.2) is 17.9 Å². The van der Waals surface area contributed by atoms with Crippen molar-refractivity contribution in [1.29, 1.82) is 5.26 Å². The summed E-state index contributed by atoms with van der Waals surface area (Å²) in [6, 6.07) is 3.80. The average Bonchev–Trinajstić information content (AvgIpc) is 2.95. The van der Waals surface area contributed by atoms with Gasteiger partial charge in [0.2, 0.25) is 0 Å². The van der Waals surface area contributed by atoms with E-state index >= 15 is 0 Å². The fourth-order valence-electron chi connectivity index (χ4n) is 3.95. The number of fused-ring (bicyclic) bond motifs is 1. The van der Waals surface area contributed by atoms with Crippen LogP contribution in [0.5, 0.6) is 5.75 Å². The topological polar surface area (TPSA) is 85.3 Å². The Morgan fingerprint density at radius 3 is 2.65 bits per heavy atom. The van der Waals surface area contributed by atoms with Crippen molar-refractivity contribution in [2.24, 2.45) is 5.41 Å². The van der Waals surface area contributed by atoms with Gasteiger partial charge in [-0.25, -0.2) is 4.79 Å². The van der Waals surface area contributed by atoms with Crippen LogP contribution >= 0.6 is 0 Å². The number of carbonyl (C=O) groups excluding carboxylic acids is 1. The van der Waals surface area contributed by atoms with Crippen molar-refractivity contribution in [1.82, 2.24) is 0 Å². The molecule has 2 heterocycles. The molecule has 2 aliphatic heterocycles. The molecule has 0 amide bonds. The monoisotopic (exact) mass is 308 g/mol. The van der Waals surface area contributed by atoms with Crippen LogP contribution in [0.4, 0.5) is 5.69 Å². The van der Waals surface area contributed by atoms with E-state index in [-0.39, 0.29) is 11.3 Å². The summed E-state index contributed by atoms with van der Waals surface area (Å²) < 4.78 is 11.6. The number of hydrogen-bond acceptors (Lipinski definition) is 5. The largest absolute Gasteiger partial charge is 0.487 e. The molecule has 2 N–H and O–H groups in total. The zero-order valence-corrected chi connectivity index (χ0v) is 13.4. The lowest BCUT2D eigenvalue weighted by molar-refractivity contribution is -0.128. The lowest BCUT2D eigenvalue weighted by Gasteiger charge is -2.43. The molecule has 5 nitrogen and oxygen atoms in total. The first-order valence-corrected chi connectivity index (χ1v) is 7.44. The Kier molecular flexibility index (Phi) is 2.28. The molecule has 23 heavy (non-hydrogen) atoms. The number of rotatable bonds is 0. The summed E-state index contributed by atoms with van der Waals surface area (Å²) in [5.41, 5.74) is 6.78. The first kappa shape index (κ1) is 13.9. The highest BCUT2D eigenvalue weighted by Gasteiger charge is 2.57. The van der Waals surface area contributed by atoms with Crippen molar-refractivity contribution < 1.29 is 14.3 Å². The van der Waals surface area contributed by atoms with E-state index in [0.29, 0.717) is 16.5 Å². The van der Waals surface area contributed by atoms with Crippen LogP contribution in [-0.2, 0) is 9.53 Å². The second-order valence-electron chi connectivity index (χ2n) is 6.90. The normalized spacial score (nSPS) is 26.0. The maximum atomic E-state index is 12.6. The second kappa shape index (κ2) is 3.77. The number of hydrogen-bond donors (Lipinski definition) is 1. The van der Waals surface area contributed by atoms with Gasteiger partial charge in [-0.3, -0.25) is 0 Å². The molecule has 0 aromatic heterocycles. The summed E-state index contributed by atoms with van der Waals surface area (Å²) in [6.07, 6.45) is 1.97. The third kappa shape index (κ3) is 1.35. The molecule has 0 fully saturated rings. The Morgan fingerprint density at radius 1 is 1.30 bits per heavy atom. The van der Waals surface area contributed by atoms with Gasteiger partial charge < -0.3 is 15.2 Å². The van der Waals surface area contributed by atoms with Crippen LogP contribution in [0.1, 0.15) is 33.3 Å². The van der Waals surface area contributed by atoms with Gasteiger partial charge in [-0.2, -0.15) is 5.26 Å². The van der Waals surface area contributed by atoms with Gasteiger partial charge in [0.05, 0.1) is 17.0 Å². The number of carbonyl (C=O) groups is 1. The number of ether oxygens (including phenoxy) is 2. The summed E-state index contributed by atoms with van der Waals surface area (Å²) in [5.74, 6) is 0.644. The van der Waals surface area contributed by atoms with Gasteiger partial charge in [-0.05, 0) is 31.2 Å². The molecular formula is C18H16N2O3. The summed E-state index contributed by atoms with van der Waals surface area (Å²) in [7, 11) is 0. The van der Waals surface area contributed by atoms with Crippen LogP contribution in [-0.4, -0.2) is 11.6 Å². The van der Waals surface area contributed by atoms with Gasteiger partial charge in [-0.1, -0.05) is 13.8 Å². The molecule has 1 aliphatic carbocycles. The van der Waals surface area contributed by atoms with Gasteiger partial charge >= 0.3 is 5.97 Å². The molecule has 0 spiro atoms. The van der Waals surface area contributed by atoms with Crippen LogP contribution in [0, 0.1) is 16.7 Å². The molecule has 0 saturated carbocycles. The maximum absolute atomic E-state index is 12.6. The van der Waals surface area contributed by atoms with Crippen LogP contribution in [0.3, 0.4) is 0 Å². The molecule has 5 heteroatoms. The van der Waals surface area contributed by atoms with Crippen LogP contribution in [0.25, 0.3) is 11.1 Å². The van der Waals surface area contributed by atoms with Gasteiger partial charge in [0.15, 0.2) is 5.75 Å². The Morgan fingerprint density at radius 2 is 2.00 bits per heavy atom. The maximum Gasteiger partial charge on any atom is 0.340 e. The van der Waals surface area contributed by atoms with Gasteiger partial charge in [-0.15, -0.1) is 0 Å². The molecule has 0 unspecified atom stereocenters. The van der Waals surface area contributed by atoms with Gasteiger partial charge in [0.25, 0.3) is 0 Å². The Bertz CT molecular complexity index is 1010. The quantitative estimate of drug-likeness (QED) is 0.440. The summed E-state index contributed by atoms with van der Waals surface area (Å²) in [6.45, 7) is 7.81. The molecule has 4 rings (SSSR count).